The van der Waals surface area contributed by atoms with Gasteiger partial charge in [-0.05, 0) is 44.0 Å². The predicted octanol–water partition coefficient (Wildman–Crippen LogP) is 2.44. The highest BCUT2D eigenvalue weighted by atomic mass is 16.5. The van der Waals surface area contributed by atoms with Crippen LogP contribution in [0.3, 0.4) is 0 Å². The minimum absolute atomic E-state index is 0.105. The summed E-state index contributed by atoms with van der Waals surface area (Å²) in [5, 5.41) is 11.8. The maximum atomic E-state index is 12.0. The van der Waals surface area contributed by atoms with Crippen LogP contribution in [0.5, 0.6) is 5.75 Å². The van der Waals surface area contributed by atoms with Gasteiger partial charge in [-0.2, -0.15) is 0 Å². The van der Waals surface area contributed by atoms with Crippen LogP contribution in [0.25, 0.3) is 11.0 Å². The van der Waals surface area contributed by atoms with Crippen molar-refractivity contribution in [2.45, 2.75) is 39.7 Å². The average Bonchev–Trinajstić information content (AvgIpc) is 2.69. The molecule has 1 aromatic carbocycles. The zero-order valence-electron chi connectivity index (χ0n) is 17.5. The maximum Gasteiger partial charge on any atom is 0.336 e. The Morgan fingerprint density at radius 1 is 1.24 bits per heavy atom. The summed E-state index contributed by atoms with van der Waals surface area (Å²) in [6.45, 7) is 8.36. The van der Waals surface area contributed by atoms with Crippen LogP contribution in [0.1, 0.15) is 36.5 Å². The molecule has 0 atom stereocenters. The molecule has 0 amide bonds. The number of ether oxygens (including phenoxy) is 1. The lowest BCUT2D eigenvalue weighted by molar-refractivity contribution is -0.143. The number of hydrogen-bond acceptors (Lipinski definition) is 7. The molecule has 0 radical (unpaired) electrons. The van der Waals surface area contributed by atoms with Crippen LogP contribution in [-0.4, -0.2) is 60.7 Å². The van der Waals surface area contributed by atoms with Gasteiger partial charge < -0.3 is 19.2 Å². The summed E-state index contributed by atoms with van der Waals surface area (Å²) in [6, 6.07) is 3.28. The number of aromatic hydroxyl groups is 1. The van der Waals surface area contributed by atoms with E-state index in [1.54, 1.807) is 0 Å². The monoisotopic (exact) mass is 402 g/mol. The number of benzene rings is 1. The van der Waals surface area contributed by atoms with Crippen LogP contribution < -0.4 is 5.63 Å². The third-order valence-electron chi connectivity index (χ3n) is 5.43. The molecule has 1 N–H and O–H groups in total. The number of piperazine rings is 1. The quantitative estimate of drug-likeness (QED) is 0.563. The van der Waals surface area contributed by atoms with E-state index in [2.05, 4.69) is 16.8 Å². The largest absolute Gasteiger partial charge is 0.507 e. The summed E-state index contributed by atoms with van der Waals surface area (Å²) in [6.07, 6.45) is 1.35. The van der Waals surface area contributed by atoms with Crippen LogP contribution in [0.15, 0.2) is 21.3 Å². The second-order valence-corrected chi connectivity index (χ2v) is 7.79. The van der Waals surface area contributed by atoms with Gasteiger partial charge in [-0.25, -0.2) is 4.79 Å². The summed E-state index contributed by atoms with van der Waals surface area (Å²) in [5.74, 6) is -0.170. The van der Waals surface area contributed by atoms with Crippen LogP contribution in [0, 0.1) is 6.92 Å². The molecular weight excluding hydrogens is 372 g/mol. The van der Waals surface area contributed by atoms with E-state index in [-0.39, 0.29) is 18.1 Å². The van der Waals surface area contributed by atoms with Crippen molar-refractivity contribution in [1.29, 1.82) is 0 Å². The first-order chi connectivity index (χ1) is 13.9. The summed E-state index contributed by atoms with van der Waals surface area (Å²) in [7, 11) is 2.09. The van der Waals surface area contributed by atoms with Gasteiger partial charge in [-0.1, -0.05) is 6.92 Å². The molecule has 2 heterocycles. The molecule has 0 saturated carbocycles. The Kier molecular flexibility index (Phi) is 6.92. The topological polar surface area (TPSA) is 83.2 Å². The Labute approximate surface area is 170 Å². The van der Waals surface area contributed by atoms with E-state index in [0.29, 0.717) is 36.3 Å². The van der Waals surface area contributed by atoms with Gasteiger partial charge in [0.05, 0.1) is 12.2 Å². The van der Waals surface area contributed by atoms with Gasteiger partial charge >= 0.3 is 11.6 Å². The molecule has 1 aliphatic heterocycles. The third kappa shape index (κ3) is 5.16. The Hall–Kier alpha value is -2.38. The Morgan fingerprint density at radius 2 is 1.97 bits per heavy atom. The standard InChI is InChI=1S/C22H30N2O5/c1-4-11-28-19(25)6-5-16-13-17-15(2)12-20(26)29-22(17)18(21(16)27)14-24-9-7-23(3)8-10-24/h12-13,27H,4-11,14H2,1-3H3. The lowest BCUT2D eigenvalue weighted by atomic mass is 9.98. The van der Waals surface area contributed by atoms with E-state index >= 15 is 0 Å². The molecule has 29 heavy (non-hydrogen) atoms. The number of rotatable bonds is 7. The number of phenolic OH excluding ortho intramolecular Hbond substituents is 1. The number of esters is 1. The van der Waals surface area contributed by atoms with Crippen molar-refractivity contribution in [3.8, 4) is 5.75 Å². The first-order valence-corrected chi connectivity index (χ1v) is 10.2. The summed E-state index contributed by atoms with van der Waals surface area (Å²) >= 11 is 0. The molecule has 1 aromatic heterocycles. The Balaban J connectivity index is 1.94. The highest BCUT2D eigenvalue weighted by Gasteiger charge is 2.22. The lowest BCUT2D eigenvalue weighted by Gasteiger charge is -2.32. The smallest absolute Gasteiger partial charge is 0.336 e. The average molecular weight is 402 g/mol. The molecule has 1 fully saturated rings. The van der Waals surface area contributed by atoms with E-state index in [4.69, 9.17) is 9.15 Å². The van der Waals surface area contributed by atoms with Crippen LogP contribution in [0.4, 0.5) is 0 Å². The second kappa shape index (κ2) is 9.41. The number of fused-ring (bicyclic) bond motifs is 1. The highest BCUT2D eigenvalue weighted by molar-refractivity contribution is 5.86. The summed E-state index contributed by atoms with van der Waals surface area (Å²) in [5.41, 5.74) is 2.09. The van der Waals surface area contributed by atoms with Crippen LogP contribution in [0.2, 0.25) is 0 Å². The highest BCUT2D eigenvalue weighted by Crippen LogP contribution is 2.34. The van der Waals surface area contributed by atoms with E-state index in [9.17, 15) is 14.7 Å². The van der Waals surface area contributed by atoms with Crippen molar-refractivity contribution in [1.82, 2.24) is 9.80 Å². The maximum absolute atomic E-state index is 12.0. The van der Waals surface area contributed by atoms with Crippen molar-refractivity contribution >= 4 is 16.9 Å². The van der Waals surface area contributed by atoms with Crippen molar-refractivity contribution in [3.63, 3.8) is 0 Å². The van der Waals surface area contributed by atoms with E-state index in [1.165, 1.54) is 6.07 Å². The molecule has 2 aromatic rings. The van der Waals surface area contributed by atoms with Gasteiger partial charge in [0.2, 0.25) is 0 Å². The molecule has 1 saturated heterocycles. The minimum Gasteiger partial charge on any atom is -0.507 e. The van der Waals surface area contributed by atoms with Crippen molar-refractivity contribution in [2.75, 3.05) is 39.8 Å². The molecule has 158 valence electrons. The first kappa shape index (κ1) is 21.3. The fourth-order valence-corrected chi connectivity index (χ4v) is 3.66. The van der Waals surface area contributed by atoms with Crippen LogP contribution in [-0.2, 0) is 22.5 Å². The van der Waals surface area contributed by atoms with Crippen LogP contribution >= 0.6 is 0 Å². The van der Waals surface area contributed by atoms with Gasteiger partial charge in [0.15, 0.2) is 0 Å². The van der Waals surface area contributed by atoms with E-state index < -0.39 is 5.63 Å². The third-order valence-corrected chi connectivity index (χ3v) is 5.43. The molecular formula is C22H30N2O5. The van der Waals surface area contributed by atoms with E-state index in [1.807, 2.05) is 19.9 Å². The predicted molar refractivity (Wildman–Crippen MR) is 111 cm³/mol. The van der Waals surface area contributed by atoms with Crippen molar-refractivity contribution in [3.05, 3.63) is 39.2 Å². The van der Waals surface area contributed by atoms with Gasteiger partial charge in [-0.15, -0.1) is 0 Å². The fraction of sp³-hybridized carbons (Fsp3) is 0.545. The minimum atomic E-state index is -0.426. The number of likely N-dealkylation sites (N-methyl/N-ethyl adjacent to an activating group) is 1. The number of carbonyl (C=O) groups excluding carboxylic acids is 1. The lowest BCUT2D eigenvalue weighted by Crippen LogP contribution is -2.43. The molecule has 0 unspecified atom stereocenters. The van der Waals surface area contributed by atoms with Crippen molar-refractivity contribution in [2.24, 2.45) is 0 Å². The zero-order valence-corrected chi connectivity index (χ0v) is 17.5. The number of carbonyl (C=O) groups is 1. The van der Waals surface area contributed by atoms with E-state index in [0.717, 1.165) is 43.5 Å². The molecule has 7 heteroatoms. The molecule has 0 bridgehead atoms. The van der Waals surface area contributed by atoms with Crippen molar-refractivity contribution < 1.29 is 19.1 Å². The van der Waals surface area contributed by atoms with Gasteiger partial charge in [-0.3, -0.25) is 9.69 Å². The molecule has 0 aliphatic carbocycles. The normalized spacial score (nSPS) is 15.7. The summed E-state index contributed by atoms with van der Waals surface area (Å²) in [4.78, 5) is 28.4. The SMILES string of the molecule is CCCOC(=O)CCc1cc2c(C)cc(=O)oc2c(CN2CCN(C)CC2)c1O. The number of aryl methyl sites for hydroxylation is 2. The second-order valence-electron chi connectivity index (χ2n) is 7.79. The first-order valence-electron chi connectivity index (χ1n) is 10.2. The van der Waals surface area contributed by atoms with Gasteiger partial charge in [0, 0.05) is 50.6 Å². The number of hydrogen-bond donors (Lipinski definition) is 1. The summed E-state index contributed by atoms with van der Waals surface area (Å²) < 4.78 is 10.7. The number of nitrogens with zero attached hydrogens (tertiary/aromatic N) is 2. The molecule has 1 aliphatic rings. The molecule has 3 rings (SSSR count). The number of phenols is 1. The van der Waals surface area contributed by atoms with Gasteiger partial charge in [0.1, 0.15) is 11.3 Å². The fourth-order valence-electron chi connectivity index (χ4n) is 3.66. The Morgan fingerprint density at radius 3 is 2.66 bits per heavy atom. The van der Waals surface area contributed by atoms with Gasteiger partial charge in [0.25, 0.3) is 0 Å². The Bertz CT molecular complexity index is 929. The molecule has 0 spiro atoms. The molecule has 7 nitrogen and oxygen atoms in total. The zero-order chi connectivity index (χ0) is 21.0.